The standard InChI is InChI=1S/C12H22O2/c1-2-10-4-3-6-12(8-10)9-11(13)5-7-14-12/h10-11,13H,2-9H2,1H3. The van der Waals surface area contributed by atoms with E-state index in [-0.39, 0.29) is 11.7 Å². The average molecular weight is 198 g/mol. The van der Waals surface area contributed by atoms with Gasteiger partial charge in [0, 0.05) is 13.0 Å². The topological polar surface area (TPSA) is 29.5 Å². The zero-order valence-corrected chi connectivity index (χ0v) is 9.17. The van der Waals surface area contributed by atoms with Gasteiger partial charge in [-0.1, -0.05) is 26.2 Å². The van der Waals surface area contributed by atoms with Crippen molar-refractivity contribution in [1.82, 2.24) is 0 Å². The van der Waals surface area contributed by atoms with Crippen LogP contribution in [0, 0.1) is 5.92 Å². The van der Waals surface area contributed by atoms with Crippen molar-refractivity contribution in [3.8, 4) is 0 Å². The fourth-order valence-electron chi connectivity index (χ4n) is 3.11. The van der Waals surface area contributed by atoms with E-state index in [1.165, 1.54) is 32.1 Å². The molecule has 1 saturated heterocycles. The van der Waals surface area contributed by atoms with Gasteiger partial charge in [-0.25, -0.2) is 0 Å². The van der Waals surface area contributed by atoms with Crippen molar-refractivity contribution in [3.05, 3.63) is 0 Å². The van der Waals surface area contributed by atoms with E-state index in [1.54, 1.807) is 0 Å². The average Bonchev–Trinajstić information content (AvgIpc) is 2.17. The van der Waals surface area contributed by atoms with Gasteiger partial charge in [-0.3, -0.25) is 0 Å². The van der Waals surface area contributed by atoms with Gasteiger partial charge < -0.3 is 9.84 Å². The molecule has 0 aromatic carbocycles. The second-order valence-corrected chi connectivity index (χ2v) is 5.05. The molecule has 2 fully saturated rings. The Hall–Kier alpha value is -0.0800. The maximum absolute atomic E-state index is 9.71. The number of hydrogen-bond acceptors (Lipinski definition) is 2. The first kappa shape index (κ1) is 10.4. The maximum Gasteiger partial charge on any atom is 0.0709 e. The molecule has 1 saturated carbocycles. The van der Waals surface area contributed by atoms with Crippen molar-refractivity contribution in [2.45, 2.75) is 63.6 Å². The van der Waals surface area contributed by atoms with Gasteiger partial charge in [0.25, 0.3) is 0 Å². The molecule has 14 heavy (non-hydrogen) atoms. The van der Waals surface area contributed by atoms with E-state index in [1.807, 2.05) is 0 Å². The van der Waals surface area contributed by atoms with E-state index in [4.69, 9.17) is 4.74 Å². The van der Waals surface area contributed by atoms with E-state index in [9.17, 15) is 5.11 Å². The molecule has 0 amide bonds. The third kappa shape index (κ3) is 2.12. The van der Waals surface area contributed by atoms with Gasteiger partial charge in [0.05, 0.1) is 11.7 Å². The summed E-state index contributed by atoms with van der Waals surface area (Å²) in [5, 5.41) is 9.71. The van der Waals surface area contributed by atoms with Gasteiger partial charge in [-0.05, 0) is 25.2 Å². The predicted molar refractivity (Wildman–Crippen MR) is 56.2 cm³/mol. The molecule has 0 aromatic rings. The number of rotatable bonds is 1. The molecule has 1 aliphatic heterocycles. The van der Waals surface area contributed by atoms with E-state index >= 15 is 0 Å². The normalized spacial score (nSPS) is 44.1. The quantitative estimate of drug-likeness (QED) is 0.701. The molecular weight excluding hydrogens is 176 g/mol. The minimum atomic E-state index is -0.112. The van der Waals surface area contributed by atoms with Crippen LogP contribution in [0.3, 0.4) is 0 Å². The molecule has 0 radical (unpaired) electrons. The molecule has 2 heteroatoms. The fraction of sp³-hybridized carbons (Fsp3) is 1.00. The lowest BCUT2D eigenvalue weighted by Crippen LogP contribution is -2.45. The summed E-state index contributed by atoms with van der Waals surface area (Å²) in [6.07, 6.45) is 7.85. The summed E-state index contributed by atoms with van der Waals surface area (Å²) in [5.41, 5.74) is 0.0522. The molecule has 3 atom stereocenters. The van der Waals surface area contributed by atoms with Gasteiger partial charge in [0.15, 0.2) is 0 Å². The van der Waals surface area contributed by atoms with Crippen LogP contribution in [-0.4, -0.2) is 23.4 Å². The van der Waals surface area contributed by atoms with Crippen LogP contribution in [0.25, 0.3) is 0 Å². The lowest BCUT2D eigenvalue weighted by atomic mass is 9.73. The summed E-state index contributed by atoms with van der Waals surface area (Å²) in [4.78, 5) is 0. The van der Waals surface area contributed by atoms with Crippen LogP contribution in [-0.2, 0) is 4.74 Å². The fourth-order valence-corrected chi connectivity index (χ4v) is 3.11. The Morgan fingerprint density at radius 2 is 2.21 bits per heavy atom. The van der Waals surface area contributed by atoms with Gasteiger partial charge in [0.1, 0.15) is 0 Å². The van der Waals surface area contributed by atoms with Crippen LogP contribution in [0.15, 0.2) is 0 Å². The summed E-state index contributed by atoms with van der Waals surface area (Å²) in [5.74, 6) is 0.828. The molecule has 2 rings (SSSR count). The third-order valence-corrected chi connectivity index (χ3v) is 3.95. The molecule has 82 valence electrons. The van der Waals surface area contributed by atoms with Crippen LogP contribution in [0.5, 0.6) is 0 Å². The zero-order chi connectivity index (χ0) is 10.0. The predicted octanol–water partition coefficient (Wildman–Crippen LogP) is 2.50. The second-order valence-electron chi connectivity index (χ2n) is 5.05. The number of aliphatic hydroxyl groups excluding tert-OH is 1. The van der Waals surface area contributed by atoms with E-state index in [0.717, 1.165) is 25.4 Å². The highest BCUT2D eigenvalue weighted by atomic mass is 16.5. The van der Waals surface area contributed by atoms with E-state index < -0.39 is 0 Å². The van der Waals surface area contributed by atoms with Gasteiger partial charge in [0.2, 0.25) is 0 Å². The molecular formula is C12H22O2. The lowest BCUT2D eigenvalue weighted by Gasteiger charge is -2.44. The Morgan fingerprint density at radius 3 is 2.93 bits per heavy atom. The maximum atomic E-state index is 9.71. The monoisotopic (exact) mass is 198 g/mol. The van der Waals surface area contributed by atoms with Crippen molar-refractivity contribution in [1.29, 1.82) is 0 Å². The zero-order valence-electron chi connectivity index (χ0n) is 9.17. The largest absolute Gasteiger partial charge is 0.393 e. The Morgan fingerprint density at radius 1 is 1.36 bits per heavy atom. The summed E-state index contributed by atoms with van der Waals surface area (Å²) in [7, 11) is 0. The van der Waals surface area contributed by atoms with Crippen LogP contribution < -0.4 is 0 Å². The number of aliphatic hydroxyl groups is 1. The smallest absolute Gasteiger partial charge is 0.0709 e. The molecule has 1 N–H and O–H groups in total. The van der Waals surface area contributed by atoms with Gasteiger partial charge >= 0.3 is 0 Å². The molecule has 1 aliphatic carbocycles. The van der Waals surface area contributed by atoms with Crippen LogP contribution in [0.4, 0.5) is 0 Å². The molecule has 1 spiro atoms. The summed E-state index contributed by atoms with van der Waals surface area (Å²) < 4.78 is 5.95. The third-order valence-electron chi connectivity index (χ3n) is 3.95. The Bertz CT molecular complexity index is 189. The Labute approximate surface area is 86.6 Å². The molecule has 3 unspecified atom stereocenters. The highest BCUT2D eigenvalue weighted by Crippen LogP contribution is 2.41. The van der Waals surface area contributed by atoms with Crippen LogP contribution in [0.2, 0.25) is 0 Å². The van der Waals surface area contributed by atoms with Crippen molar-refractivity contribution < 1.29 is 9.84 Å². The van der Waals surface area contributed by atoms with E-state index in [0.29, 0.717) is 0 Å². The first-order valence-corrected chi connectivity index (χ1v) is 6.06. The SMILES string of the molecule is CCC1CCCC2(CC(O)CCO2)C1. The van der Waals surface area contributed by atoms with Crippen LogP contribution in [0.1, 0.15) is 51.9 Å². The highest BCUT2D eigenvalue weighted by Gasteiger charge is 2.40. The molecule has 0 bridgehead atoms. The first-order chi connectivity index (χ1) is 6.74. The molecule has 1 heterocycles. The minimum absolute atomic E-state index is 0.0522. The molecule has 0 aromatic heterocycles. The summed E-state index contributed by atoms with van der Waals surface area (Å²) in [6, 6.07) is 0. The minimum Gasteiger partial charge on any atom is -0.393 e. The van der Waals surface area contributed by atoms with Gasteiger partial charge in [-0.15, -0.1) is 0 Å². The number of ether oxygens (including phenoxy) is 1. The highest BCUT2D eigenvalue weighted by molar-refractivity contribution is 4.92. The van der Waals surface area contributed by atoms with Crippen molar-refractivity contribution in [2.75, 3.05) is 6.61 Å². The lowest BCUT2D eigenvalue weighted by molar-refractivity contribution is -0.143. The summed E-state index contributed by atoms with van der Waals surface area (Å²) >= 11 is 0. The van der Waals surface area contributed by atoms with Gasteiger partial charge in [-0.2, -0.15) is 0 Å². The van der Waals surface area contributed by atoms with E-state index in [2.05, 4.69) is 6.92 Å². The van der Waals surface area contributed by atoms with Crippen LogP contribution >= 0.6 is 0 Å². The Balaban J connectivity index is 1.99. The van der Waals surface area contributed by atoms with Crippen molar-refractivity contribution in [3.63, 3.8) is 0 Å². The van der Waals surface area contributed by atoms with Crippen molar-refractivity contribution >= 4 is 0 Å². The first-order valence-electron chi connectivity index (χ1n) is 6.06. The Kier molecular flexibility index (Phi) is 3.13. The second kappa shape index (κ2) is 4.19. The summed E-state index contributed by atoms with van der Waals surface area (Å²) in [6.45, 7) is 3.03. The molecule has 2 aliphatic rings. The molecule has 2 nitrogen and oxygen atoms in total. The number of hydrogen-bond donors (Lipinski definition) is 1. The van der Waals surface area contributed by atoms with Crippen molar-refractivity contribution in [2.24, 2.45) is 5.92 Å².